The highest BCUT2D eigenvalue weighted by Crippen LogP contribution is 2.45. The molecule has 0 bridgehead atoms. The van der Waals surface area contributed by atoms with Gasteiger partial charge in [0.15, 0.2) is 0 Å². The molecule has 1 atom stereocenters. The van der Waals surface area contributed by atoms with Crippen molar-refractivity contribution in [3.63, 3.8) is 0 Å². The molecule has 1 aliphatic rings. The molecular formula is C16H24BrNO2. The van der Waals surface area contributed by atoms with E-state index in [-0.39, 0.29) is 0 Å². The zero-order chi connectivity index (χ0) is 14.7. The Balaban J connectivity index is 2.54. The van der Waals surface area contributed by atoms with Crippen LogP contribution in [0.1, 0.15) is 56.2 Å². The van der Waals surface area contributed by atoms with Crippen LogP contribution >= 0.6 is 15.9 Å². The van der Waals surface area contributed by atoms with E-state index in [4.69, 9.17) is 9.47 Å². The molecule has 0 amide bonds. The van der Waals surface area contributed by atoms with Crippen molar-refractivity contribution in [1.29, 1.82) is 0 Å². The molecule has 1 heterocycles. The first kappa shape index (κ1) is 15.6. The molecular weight excluding hydrogens is 318 g/mol. The molecule has 4 heteroatoms. The van der Waals surface area contributed by atoms with Gasteiger partial charge in [-0.1, -0.05) is 20.3 Å². The van der Waals surface area contributed by atoms with Crippen LogP contribution in [0.4, 0.5) is 0 Å². The summed E-state index contributed by atoms with van der Waals surface area (Å²) in [6, 6.07) is 2.62. The van der Waals surface area contributed by atoms with Gasteiger partial charge in [-0.2, -0.15) is 0 Å². The second kappa shape index (κ2) is 6.81. The van der Waals surface area contributed by atoms with Crippen LogP contribution in [0, 0.1) is 0 Å². The number of piperidine rings is 1. The van der Waals surface area contributed by atoms with E-state index in [9.17, 15) is 0 Å². The van der Waals surface area contributed by atoms with Crippen LogP contribution in [-0.4, -0.2) is 20.8 Å². The van der Waals surface area contributed by atoms with Crippen LogP contribution in [0.5, 0.6) is 11.5 Å². The standard InChI is InChI=1S/C16H24BrNO2/c1-10(2)11-9-12(13-7-5-6-8-18-13)16(20-4)14(17)15(11)19-3/h9-10,13,18H,5-8H2,1-4H3. The van der Waals surface area contributed by atoms with Gasteiger partial charge in [-0.15, -0.1) is 0 Å². The van der Waals surface area contributed by atoms with Crippen molar-refractivity contribution in [2.75, 3.05) is 20.8 Å². The van der Waals surface area contributed by atoms with Gasteiger partial charge in [0.1, 0.15) is 16.0 Å². The van der Waals surface area contributed by atoms with Gasteiger partial charge in [-0.3, -0.25) is 0 Å². The molecule has 0 radical (unpaired) electrons. The van der Waals surface area contributed by atoms with Crippen molar-refractivity contribution in [1.82, 2.24) is 5.32 Å². The maximum atomic E-state index is 5.64. The van der Waals surface area contributed by atoms with E-state index in [2.05, 4.69) is 41.2 Å². The predicted octanol–water partition coefficient (Wildman–Crippen LogP) is 4.40. The molecule has 3 nitrogen and oxygen atoms in total. The summed E-state index contributed by atoms with van der Waals surface area (Å²) in [5.41, 5.74) is 2.46. The Morgan fingerprint density at radius 1 is 1.20 bits per heavy atom. The number of benzene rings is 1. The van der Waals surface area contributed by atoms with Crippen molar-refractivity contribution in [2.24, 2.45) is 0 Å². The highest BCUT2D eigenvalue weighted by Gasteiger charge is 2.25. The Labute approximate surface area is 130 Å². The summed E-state index contributed by atoms with van der Waals surface area (Å²) in [5, 5.41) is 3.60. The molecule has 0 aromatic heterocycles. The molecule has 0 saturated carbocycles. The maximum absolute atomic E-state index is 5.64. The number of hydrogen-bond acceptors (Lipinski definition) is 3. The highest BCUT2D eigenvalue weighted by molar-refractivity contribution is 9.10. The van der Waals surface area contributed by atoms with Gasteiger partial charge in [0.25, 0.3) is 0 Å². The molecule has 20 heavy (non-hydrogen) atoms. The lowest BCUT2D eigenvalue weighted by atomic mass is 9.92. The topological polar surface area (TPSA) is 30.5 Å². The lowest BCUT2D eigenvalue weighted by Gasteiger charge is -2.28. The fraction of sp³-hybridized carbons (Fsp3) is 0.625. The Kier molecular flexibility index (Phi) is 5.33. The highest BCUT2D eigenvalue weighted by atomic mass is 79.9. The van der Waals surface area contributed by atoms with E-state index in [1.54, 1.807) is 14.2 Å². The first-order valence-corrected chi connectivity index (χ1v) is 8.07. The number of methoxy groups -OCH3 is 2. The molecule has 0 aliphatic carbocycles. The van der Waals surface area contributed by atoms with Crippen molar-refractivity contribution in [3.05, 3.63) is 21.7 Å². The van der Waals surface area contributed by atoms with Crippen molar-refractivity contribution < 1.29 is 9.47 Å². The van der Waals surface area contributed by atoms with E-state index in [1.165, 1.54) is 24.0 Å². The van der Waals surface area contributed by atoms with Crippen molar-refractivity contribution in [3.8, 4) is 11.5 Å². The zero-order valence-electron chi connectivity index (χ0n) is 12.8. The number of rotatable bonds is 4. The molecule has 112 valence electrons. The second-order valence-corrected chi connectivity index (χ2v) is 6.39. The van der Waals surface area contributed by atoms with Gasteiger partial charge >= 0.3 is 0 Å². The van der Waals surface area contributed by atoms with E-state index in [1.807, 2.05) is 0 Å². The van der Waals surface area contributed by atoms with Crippen LogP contribution in [0.2, 0.25) is 0 Å². The summed E-state index contributed by atoms with van der Waals surface area (Å²) in [6.45, 7) is 5.46. The van der Waals surface area contributed by atoms with Crippen LogP contribution in [0.3, 0.4) is 0 Å². The summed E-state index contributed by atoms with van der Waals surface area (Å²) in [4.78, 5) is 0. The fourth-order valence-electron chi connectivity index (χ4n) is 2.88. The smallest absolute Gasteiger partial charge is 0.141 e. The van der Waals surface area contributed by atoms with Gasteiger partial charge in [0, 0.05) is 11.6 Å². The molecule has 0 spiro atoms. The third-order valence-electron chi connectivity index (χ3n) is 3.95. The van der Waals surface area contributed by atoms with Crippen molar-refractivity contribution >= 4 is 15.9 Å². The Hall–Kier alpha value is -0.740. The summed E-state index contributed by atoms with van der Waals surface area (Å²) in [6.07, 6.45) is 3.68. The first-order chi connectivity index (χ1) is 9.60. The minimum atomic E-state index is 0.374. The fourth-order valence-corrected chi connectivity index (χ4v) is 3.66. The summed E-state index contributed by atoms with van der Waals surface area (Å²) in [5.74, 6) is 2.19. The minimum Gasteiger partial charge on any atom is -0.495 e. The van der Waals surface area contributed by atoms with Gasteiger partial charge in [0.05, 0.1) is 14.2 Å². The summed E-state index contributed by atoms with van der Waals surface area (Å²) >= 11 is 3.66. The zero-order valence-corrected chi connectivity index (χ0v) is 14.3. The van der Waals surface area contributed by atoms with Crippen LogP contribution in [0.15, 0.2) is 10.5 Å². The van der Waals surface area contributed by atoms with Crippen LogP contribution < -0.4 is 14.8 Å². The van der Waals surface area contributed by atoms with Gasteiger partial charge < -0.3 is 14.8 Å². The third kappa shape index (κ3) is 2.96. The molecule has 1 unspecified atom stereocenters. The molecule has 1 aromatic rings. The molecule has 1 N–H and O–H groups in total. The maximum Gasteiger partial charge on any atom is 0.141 e. The van der Waals surface area contributed by atoms with Crippen LogP contribution in [0.25, 0.3) is 0 Å². The summed E-state index contributed by atoms with van der Waals surface area (Å²) in [7, 11) is 3.44. The normalized spacial score (nSPS) is 19.2. The average Bonchev–Trinajstić information content (AvgIpc) is 2.46. The van der Waals surface area contributed by atoms with Crippen molar-refractivity contribution in [2.45, 2.75) is 45.1 Å². The monoisotopic (exact) mass is 341 g/mol. The molecule has 2 rings (SSSR count). The number of hydrogen-bond donors (Lipinski definition) is 1. The Morgan fingerprint density at radius 2 is 1.90 bits per heavy atom. The summed E-state index contributed by atoms with van der Waals surface area (Å²) < 4.78 is 12.1. The lowest BCUT2D eigenvalue weighted by Crippen LogP contribution is -2.27. The molecule has 1 aliphatic heterocycles. The van der Waals surface area contributed by atoms with E-state index in [0.717, 1.165) is 28.9 Å². The SMILES string of the molecule is COc1c(C(C)C)cc(C2CCCCN2)c(OC)c1Br. The first-order valence-electron chi connectivity index (χ1n) is 7.27. The quantitative estimate of drug-likeness (QED) is 0.880. The second-order valence-electron chi connectivity index (χ2n) is 5.59. The molecule has 1 fully saturated rings. The molecule has 1 aromatic carbocycles. The van der Waals surface area contributed by atoms with Gasteiger partial charge in [-0.05, 0) is 52.9 Å². The van der Waals surface area contributed by atoms with Gasteiger partial charge in [0.2, 0.25) is 0 Å². The predicted molar refractivity (Wildman–Crippen MR) is 85.9 cm³/mol. The van der Waals surface area contributed by atoms with Crippen LogP contribution in [-0.2, 0) is 0 Å². The number of nitrogens with one attached hydrogen (secondary N) is 1. The lowest BCUT2D eigenvalue weighted by molar-refractivity contribution is 0.361. The largest absolute Gasteiger partial charge is 0.495 e. The Morgan fingerprint density at radius 3 is 2.40 bits per heavy atom. The van der Waals surface area contributed by atoms with E-state index in [0.29, 0.717) is 12.0 Å². The average molecular weight is 342 g/mol. The Bertz CT molecular complexity index is 468. The van der Waals surface area contributed by atoms with Gasteiger partial charge in [-0.25, -0.2) is 0 Å². The number of halogens is 1. The number of ether oxygens (including phenoxy) is 2. The minimum absolute atomic E-state index is 0.374. The molecule has 1 saturated heterocycles. The van der Waals surface area contributed by atoms with E-state index >= 15 is 0 Å². The van der Waals surface area contributed by atoms with E-state index < -0.39 is 0 Å². The third-order valence-corrected chi connectivity index (χ3v) is 4.67.